The standard InChI is InChI=1S/C19H26N4O3S/c1-14-7-8-16(12-18(14)27(25,26)21(3)4)20-19(24)13-23-11-10-22-9-5-6-17(22)15(23)2/h5-9,12,15H,10-11,13H2,1-4H3,(H,20,24). The average Bonchev–Trinajstić information content (AvgIpc) is 3.08. The minimum absolute atomic E-state index is 0.154. The van der Waals surface area contributed by atoms with Crippen molar-refractivity contribution in [3.05, 3.63) is 47.8 Å². The number of sulfonamides is 1. The van der Waals surface area contributed by atoms with E-state index in [1.54, 1.807) is 19.1 Å². The Morgan fingerprint density at radius 1 is 1.26 bits per heavy atom. The third-order valence-electron chi connectivity index (χ3n) is 5.05. The molecule has 0 radical (unpaired) electrons. The number of hydrogen-bond acceptors (Lipinski definition) is 4. The van der Waals surface area contributed by atoms with Gasteiger partial charge in [-0.25, -0.2) is 12.7 Å². The number of aromatic nitrogens is 1. The van der Waals surface area contributed by atoms with E-state index >= 15 is 0 Å². The first-order valence-electron chi connectivity index (χ1n) is 8.92. The molecule has 1 aliphatic heterocycles. The molecule has 8 heteroatoms. The number of amides is 1. The number of aryl methyl sites for hydroxylation is 1. The zero-order chi connectivity index (χ0) is 19.8. The Balaban J connectivity index is 1.72. The van der Waals surface area contributed by atoms with Crippen molar-refractivity contribution in [1.82, 2.24) is 13.8 Å². The first-order valence-corrected chi connectivity index (χ1v) is 10.4. The zero-order valence-corrected chi connectivity index (χ0v) is 17.0. The number of rotatable bonds is 5. The number of carbonyl (C=O) groups excluding carboxylic acids is 1. The highest BCUT2D eigenvalue weighted by atomic mass is 32.2. The summed E-state index contributed by atoms with van der Waals surface area (Å²) in [6, 6.07) is 9.21. The SMILES string of the molecule is Cc1ccc(NC(=O)CN2CCn3cccc3C2C)cc1S(=O)(=O)N(C)C. The lowest BCUT2D eigenvalue weighted by Gasteiger charge is -2.34. The molecule has 2 aromatic rings. The van der Waals surface area contributed by atoms with Crippen LogP contribution in [0.5, 0.6) is 0 Å². The molecule has 0 aliphatic carbocycles. The van der Waals surface area contributed by atoms with Gasteiger partial charge >= 0.3 is 0 Å². The van der Waals surface area contributed by atoms with Crippen LogP contribution >= 0.6 is 0 Å². The van der Waals surface area contributed by atoms with E-state index in [0.29, 0.717) is 11.3 Å². The second kappa shape index (κ2) is 7.46. The molecule has 1 aliphatic rings. The molecule has 1 atom stereocenters. The summed E-state index contributed by atoms with van der Waals surface area (Å²) < 4.78 is 28.3. The number of fused-ring (bicyclic) bond motifs is 1. The van der Waals surface area contributed by atoms with Crippen LogP contribution in [0.1, 0.15) is 24.2 Å². The number of benzene rings is 1. The minimum atomic E-state index is -3.56. The number of hydrogen-bond donors (Lipinski definition) is 1. The Labute approximate surface area is 160 Å². The first-order chi connectivity index (χ1) is 12.7. The van der Waals surface area contributed by atoms with Crippen molar-refractivity contribution < 1.29 is 13.2 Å². The molecule has 1 N–H and O–H groups in total. The molecule has 146 valence electrons. The highest BCUT2D eigenvalue weighted by Crippen LogP contribution is 2.25. The molecule has 0 spiro atoms. The lowest BCUT2D eigenvalue weighted by atomic mass is 10.1. The van der Waals surface area contributed by atoms with Crippen LogP contribution in [0.15, 0.2) is 41.4 Å². The largest absolute Gasteiger partial charge is 0.349 e. The molecule has 1 aromatic heterocycles. The quantitative estimate of drug-likeness (QED) is 0.848. The van der Waals surface area contributed by atoms with Gasteiger partial charge in [0.1, 0.15) is 0 Å². The van der Waals surface area contributed by atoms with E-state index < -0.39 is 10.0 Å². The highest BCUT2D eigenvalue weighted by molar-refractivity contribution is 7.89. The molecule has 0 bridgehead atoms. The third kappa shape index (κ3) is 3.92. The molecular weight excluding hydrogens is 364 g/mol. The fourth-order valence-electron chi connectivity index (χ4n) is 3.38. The molecule has 0 saturated carbocycles. The molecule has 2 heterocycles. The van der Waals surface area contributed by atoms with Crippen LogP contribution in [0.3, 0.4) is 0 Å². The molecule has 0 saturated heterocycles. The van der Waals surface area contributed by atoms with Gasteiger partial charge in [0.25, 0.3) is 0 Å². The summed E-state index contributed by atoms with van der Waals surface area (Å²) in [6.45, 7) is 5.74. The monoisotopic (exact) mass is 390 g/mol. The van der Waals surface area contributed by atoms with Crippen LogP contribution in [0.25, 0.3) is 0 Å². The van der Waals surface area contributed by atoms with Gasteiger partial charge in [0.2, 0.25) is 15.9 Å². The Kier molecular flexibility index (Phi) is 5.41. The van der Waals surface area contributed by atoms with Gasteiger partial charge in [0, 0.05) is 50.8 Å². The normalized spacial score (nSPS) is 17.7. The third-order valence-corrected chi connectivity index (χ3v) is 7.00. The predicted octanol–water partition coefficient (Wildman–Crippen LogP) is 2.06. The van der Waals surface area contributed by atoms with Crippen LogP contribution < -0.4 is 5.32 Å². The molecule has 1 amide bonds. The van der Waals surface area contributed by atoms with E-state index in [2.05, 4.69) is 34.0 Å². The molecule has 7 nitrogen and oxygen atoms in total. The first kappa shape index (κ1) is 19.6. The summed E-state index contributed by atoms with van der Waals surface area (Å²) in [5.74, 6) is -0.154. The lowest BCUT2D eigenvalue weighted by molar-refractivity contribution is -0.118. The summed E-state index contributed by atoms with van der Waals surface area (Å²) in [5, 5.41) is 2.84. The van der Waals surface area contributed by atoms with Gasteiger partial charge in [-0.2, -0.15) is 0 Å². The fraction of sp³-hybridized carbons (Fsp3) is 0.421. The molecular formula is C19H26N4O3S. The van der Waals surface area contributed by atoms with E-state index in [9.17, 15) is 13.2 Å². The zero-order valence-electron chi connectivity index (χ0n) is 16.1. The van der Waals surface area contributed by atoms with Crippen LogP contribution in [-0.2, 0) is 21.4 Å². The van der Waals surface area contributed by atoms with Gasteiger partial charge < -0.3 is 9.88 Å². The molecule has 1 unspecified atom stereocenters. The van der Waals surface area contributed by atoms with Gasteiger partial charge in [-0.05, 0) is 43.7 Å². The van der Waals surface area contributed by atoms with Crippen molar-refractivity contribution in [2.45, 2.75) is 31.3 Å². The maximum Gasteiger partial charge on any atom is 0.242 e. The van der Waals surface area contributed by atoms with Gasteiger partial charge in [0.15, 0.2) is 0 Å². The Hall–Kier alpha value is -2.16. The number of nitrogens with zero attached hydrogens (tertiary/aromatic N) is 3. The fourth-order valence-corrected chi connectivity index (χ4v) is 4.52. The average molecular weight is 391 g/mol. The summed E-state index contributed by atoms with van der Waals surface area (Å²) >= 11 is 0. The van der Waals surface area contributed by atoms with Gasteiger partial charge in [-0.3, -0.25) is 9.69 Å². The molecule has 1 aromatic carbocycles. The second-order valence-electron chi connectivity index (χ2n) is 7.09. The number of carbonyl (C=O) groups is 1. The van der Waals surface area contributed by atoms with Crippen molar-refractivity contribution in [2.75, 3.05) is 32.5 Å². The van der Waals surface area contributed by atoms with Crippen molar-refractivity contribution >= 4 is 21.6 Å². The van der Waals surface area contributed by atoms with E-state index in [4.69, 9.17) is 0 Å². The Morgan fingerprint density at radius 2 is 2.00 bits per heavy atom. The van der Waals surface area contributed by atoms with Gasteiger partial charge in [-0.1, -0.05) is 6.07 Å². The Morgan fingerprint density at radius 3 is 2.70 bits per heavy atom. The van der Waals surface area contributed by atoms with E-state index in [1.807, 2.05) is 6.07 Å². The van der Waals surface area contributed by atoms with Gasteiger partial charge in [-0.15, -0.1) is 0 Å². The maximum atomic E-state index is 12.5. The molecule has 3 rings (SSSR count). The smallest absolute Gasteiger partial charge is 0.242 e. The van der Waals surface area contributed by atoms with Crippen molar-refractivity contribution in [3.8, 4) is 0 Å². The van der Waals surface area contributed by atoms with Crippen molar-refractivity contribution in [2.24, 2.45) is 0 Å². The summed E-state index contributed by atoms with van der Waals surface area (Å²) in [5.41, 5.74) is 2.33. The van der Waals surface area contributed by atoms with Crippen molar-refractivity contribution in [1.29, 1.82) is 0 Å². The Bertz CT molecular complexity index is 950. The summed E-state index contributed by atoms with van der Waals surface area (Å²) in [6.07, 6.45) is 2.06. The van der Waals surface area contributed by atoms with Gasteiger partial charge in [0.05, 0.1) is 11.4 Å². The number of anilines is 1. The van der Waals surface area contributed by atoms with Crippen LogP contribution in [0, 0.1) is 6.92 Å². The lowest BCUT2D eigenvalue weighted by Crippen LogP contribution is -2.41. The van der Waals surface area contributed by atoms with Crippen LogP contribution in [0.4, 0.5) is 5.69 Å². The summed E-state index contributed by atoms with van der Waals surface area (Å²) in [4.78, 5) is 14.9. The van der Waals surface area contributed by atoms with E-state index in [1.165, 1.54) is 30.2 Å². The predicted molar refractivity (Wildman–Crippen MR) is 105 cm³/mol. The van der Waals surface area contributed by atoms with Crippen LogP contribution in [0.2, 0.25) is 0 Å². The maximum absolute atomic E-state index is 12.5. The second-order valence-corrected chi connectivity index (χ2v) is 9.21. The highest BCUT2D eigenvalue weighted by Gasteiger charge is 2.25. The number of nitrogens with one attached hydrogen (secondary N) is 1. The minimum Gasteiger partial charge on any atom is -0.349 e. The van der Waals surface area contributed by atoms with E-state index in [0.717, 1.165) is 13.1 Å². The molecule has 0 fully saturated rings. The van der Waals surface area contributed by atoms with Crippen LogP contribution in [-0.4, -0.2) is 55.3 Å². The molecule has 27 heavy (non-hydrogen) atoms. The summed E-state index contributed by atoms with van der Waals surface area (Å²) in [7, 11) is -0.573. The van der Waals surface area contributed by atoms with Crippen molar-refractivity contribution in [3.63, 3.8) is 0 Å². The van der Waals surface area contributed by atoms with E-state index in [-0.39, 0.29) is 23.4 Å². The topological polar surface area (TPSA) is 74.6 Å².